The SMILES string of the molecule is CNC(CNC(=O)OC1CCN(c2nc3cc(C(=O)Nc4nc(C(C)(C)C)cs4)ccn3c(=O)c2C=Cc2nnn(Cc3ccc(OC)cc3)n2)CC1)(CC(=O)O)NC. The van der Waals surface area contributed by atoms with Crippen molar-refractivity contribution in [2.45, 2.75) is 63.8 Å². The molecule has 312 valence electrons. The molecule has 0 spiro atoms. The summed E-state index contributed by atoms with van der Waals surface area (Å²) in [5, 5.41) is 35.8. The second-order valence-corrected chi connectivity index (χ2v) is 15.9. The van der Waals surface area contributed by atoms with Crippen LogP contribution >= 0.6 is 11.3 Å². The number of fused-ring (bicyclic) bond motifs is 1. The minimum Gasteiger partial charge on any atom is -0.497 e. The first kappa shape index (κ1) is 42.4. The van der Waals surface area contributed by atoms with E-state index in [-0.39, 0.29) is 41.0 Å². The third-order valence-corrected chi connectivity index (χ3v) is 10.7. The maximum Gasteiger partial charge on any atom is 0.407 e. The Balaban J connectivity index is 1.23. The fourth-order valence-electron chi connectivity index (χ4n) is 6.36. The van der Waals surface area contributed by atoms with Crippen LogP contribution < -0.4 is 36.5 Å². The van der Waals surface area contributed by atoms with E-state index >= 15 is 0 Å². The van der Waals surface area contributed by atoms with E-state index < -0.39 is 29.7 Å². The van der Waals surface area contributed by atoms with Gasteiger partial charge in [-0.2, -0.15) is 4.80 Å². The number of piperidine rings is 1. The number of aromatic nitrogens is 7. The number of hydrogen-bond donors (Lipinski definition) is 5. The number of methoxy groups -OCH3 is 1. The first-order valence-corrected chi connectivity index (χ1v) is 19.8. The number of ether oxygens (including phenoxy) is 2. The first-order chi connectivity index (χ1) is 28.2. The van der Waals surface area contributed by atoms with E-state index in [9.17, 15) is 24.3 Å². The molecular formula is C39H48N12O7S. The zero-order valence-corrected chi connectivity index (χ0v) is 34.5. The van der Waals surface area contributed by atoms with Crippen LogP contribution in [0.3, 0.4) is 0 Å². The van der Waals surface area contributed by atoms with Crippen molar-refractivity contribution in [3.05, 3.63) is 86.5 Å². The highest BCUT2D eigenvalue weighted by atomic mass is 32.1. The lowest BCUT2D eigenvalue weighted by Gasteiger charge is -2.34. The maximum atomic E-state index is 14.2. The Kier molecular flexibility index (Phi) is 13.0. The van der Waals surface area contributed by atoms with Gasteiger partial charge in [-0.3, -0.25) is 24.1 Å². The number of tetrazole rings is 1. The lowest BCUT2D eigenvalue weighted by atomic mass is 9.93. The van der Waals surface area contributed by atoms with Gasteiger partial charge in [0.05, 0.1) is 43.5 Å². The molecule has 5 aromatic rings. The van der Waals surface area contributed by atoms with Gasteiger partial charge in [-0.25, -0.2) is 14.8 Å². The van der Waals surface area contributed by atoms with Gasteiger partial charge < -0.3 is 35.4 Å². The van der Waals surface area contributed by atoms with Crippen molar-refractivity contribution in [1.82, 2.24) is 50.5 Å². The molecule has 5 N–H and O–H groups in total. The number of hydrogen-bond acceptors (Lipinski definition) is 15. The van der Waals surface area contributed by atoms with Crippen LogP contribution in [0, 0.1) is 0 Å². The van der Waals surface area contributed by atoms with Gasteiger partial charge in [0.15, 0.2) is 11.0 Å². The zero-order valence-electron chi connectivity index (χ0n) is 33.7. The van der Waals surface area contributed by atoms with Gasteiger partial charge in [0.1, 0.15) is 23.3 Å². The Hall–Kier alpha value is -6.25. The van der Waals surface area contributed by atoms with Crippen LogP contribution in [0.25, 0.3) is 17.8 Å². The Morgan fingerprint density at radius 1 is 1.03 bits per heavy atom. The van der Waals surface area contributed by atoms with E-state index in [1.165, 1.54) is 26.7 Å². The summed E-state index contributed by atoms with van der Waals surface area (Å²) in [6.07, 6.45) is 4.14. The number of anilines is 2. The van der Waals surface area contributed by atoms with E-state index in [1.54, 1.807) is 45.5 Å². The summed E-state index contributed by atoms with van der Waals surface area (Å²) >= 11 is 1.34. The average Bonchev–Trinajstić information content (AvgIpc) is 3.89. The van der Waals surface area contributed by atoms with E-state index in [0.717, 1.165) is 17.0 Å². The quantitative estimate of drug-likeness (QED) is 0.0954. The molecule has 1 aliphatic rings. The summed E-state index contributed by atoms with van der Waals surface area (Å²) in [4.78, 5) is 64.6. The molecule has 0 unspecified atom stereocenters. The molecule has 0 bridgehead atoms. The second-order valence-electron chi connectivity index (χ2n) is 15.0. The van der Waals surface area contributed by atoms with Gasteiger partial charge in [-0.15, -0.1) is 21.5 Å². The van der Waals surface area contributed by atoms with Crippen LogP contribution in [0.5, 0.6) is 5.75 Å². The van der Waals surface area contributed by atoms with Gasteiger partial charge in [-0.05, 0) is 61.3 Å². The van der Waals surface area contributed by atoms with E-state index in [1.807, 2.05) is 55.3 Å². The van der Waals surface area contributed by atoms with Crippen LogP contribution in [-0.2, 0) is 21.5 Å². The lowest BCUT2D eigenvalue weighted by molar-refractivity contribution is -0.139. The molecule has 1 aliphatic heterocycles. The average molecular weight is 829 g/mol. The van der Waals surface area contributed by atoms with Crippen molar-refractivity contribution in [3.8, 4) is 5.75 Å². The Bertz CT molecular complexity index is 2370. The molecule has 0 saturated carbocycles. The predicted octanol–water partition coefficient (Wildman–Crippen LogP) is 3.22. The van der Waals surface area contributed by atoms with Crippen molar-refractivity contribution in [1.29, 1.82) is 0 Å². The number of aliphatic carboxylic acids is 1. The molecule has 0 atom stereocenters. The molecule has 6 rings (SSSR count). The number of carbonyl (C=O) groups excluding carboxylic acids is 2. The maximum absolute atomic E-state index is 14.2. The number of benzene rings is 1. The summed E-state index contributed by atoms with van der Waals surface area (Å²) in [5.74, 6) is -0.0534. The van der Waals surface area contributed by atoms with Gasteiger partial charge >= 0.3 is 12.1 Å². The first-order valence-electron chi connectivity index (χ1n) is 18.9. The number of nitrogens with zero attached hydrogens (tertiary/aromatic N) is 8. The van der Waals surface area contributed by atoms with Crippen molar-refractivity contribution < 1.29 is 29.0 Å². The van der Waals surface area contributed by atoms with Gasteiger partial charge in [-0.1, -0.05) is 32.9 Å². The zero-order chi connectivity index (χ0) is 42.3. The predicted molar refractivity (Wildman–Crippen MR) is 222 cm³/mol. The standard InChI is InChI=1S/C39H48N12O7S/c1-38(2,3)29-22-59-36(43-29)45-34(54)25-13-18-50-31(19-25)44-33(49-16-14-27(15-17-49)58-37(56)42-23-39(40-4,41-5)20-32(52)53)28(35(50)55)11-12-30-46-48-51(47-30)21-24-7-9-26(57-6)10-8-24/h7-13,18-19,22,27,40-41H,14-17,20-21,23H2,1-6H3,(H,42,56)(H,52,53)(H,43,45,54). The summed E-state index contributed by atoms with van der Waals surface area (Å²) in [5.41, 5.74) is 0.982. The molecule has 0 radical (unpaired) electrons. The number of likely N-dealkylation sites (N-methyl/N-ethyl adjacent to an activating group) is 2. The third kappa shape index (κ3) is 10.4. The lowest BCUT2D eigenvalue weighted by Crippen LogP contribution is -2.61. The molecule has 5 heterocycles. The van der Waals surface area contributed by atoms with Gasteiger partial charge in [0.2, 0.25) is 0 Å². The molecule has 2 amide bonds. The minimum absolute atomic E-state index is 0.0312. The number of amides is 2. The number of rotatable bonds is 15. The highest BCUT2D eigenvalue weighted by molar-refractivity contribution is 7.14. The molecule has 19 nitrogen and oxygen atoms in total. The fourth-order valence-corrected chi connectivity index (χ4v) is 7.29. The van der Waals surface area contributed by atoms with Gasteiger partial charge in [0, 0.05) is 48.5 Å². The molecule has 59 heavy (non-hydrogen) atoms. The van der Waals surface area contributed by atoms with Crippen LogP contribution in [-0.4, -0.2) is 110 Å². The third-order valence-electron chi connectivity index (χ3n) is 9.91. The summed E-state index contributed by atoms with van der Waals surface area (Å²) in [7, 11) is 4.80. The summed E-state index contributed by atoms with van der Waals surface area (Å²) in [6, 6.07) is 10.6. The van der Waals surface area contributed by atoms with Crippen LogP contribution in [0.2, 0.25) is 0 Å². The molecule has 0 aliphatic carbocycles. The van der Waals surface area contributed by atoms with Crippen molar-refractivity contribution >= 4 is 58.1 Å². The van der Waals surface area contributed by atoms with Crippen LogP contribution in [0.4, 0.5) is 15.7 Å². The Labute approximate surface area is 343 Å². The molecule has 20 heteroatoms. The summed E-state index contributed by atoms with van der Waals surface area (Å²) < 4.78 is 12.3. The van der Waals surface area contributed by atoms with E-state index in [0.29, 0.717) is 49.0 Å². The second kappa shape index (κ2) is 18.1. The normalized spacial score (nSPS) is 13.8. The number of carboxylic acids is 1. The van der Waals surface area contributed by atoms with Crippen molar-refractivity contribution in [2.75, 3.05) is 51.1 Å². The molecule has 1 aromatic carbocycles. The van der Waals surface area contributed by atoms with Crippen molar-refractivity contribution in [2.24, 2.45) is 0 Å². The molecule has 4 aromatic heterocycles. The number of pyridine rings is 1. The van der Waals surface area contributed by atoms with E-state index in [2.05, 4.69) is 41.7 Å². The minimum atomic E-state index is -1.06. The number of carboxylic acid groups (broad SMARTS) is 1. The monoisotopic (exact) mass is 828 g/mol. The molecule has 1 fully saturated rings. The Morgan fingerprint density at radius 2 is 1.76 bits per heavy atom. The number of alkyl carbamates (subject to hydrolysis) is 1. The highest BCUT2D eigenvalue weighted by Gasteiger charge is 2.31. The summed E-state index contributed by atoms with van der Waals surface area (Å²) in [6.45, 7) is 7.24. The number of nitrogens with one attached hydrogen (secondary N) is 4. The molecule has 1 saturated heterocycles. The van der Waals surface area contributed by atoms with Crippen LogP contribution in [0.15, 0.2) is 52.8 Å². The Morgan fingerprint density at radius 3 is 2.41 bits per heavy atom. The molecular weight excluding hydrogens is 781 g/mol. The van der Waals surface area contributed by atoms with Gasteiger partial charge in [0.25, 0.3) is 11.5 Å². The smallest absolute Gasteiger partial charge is 0.407 e. The topological polar surface area (TPSA) is 232 Å². The van der Waals surface area contributed by atoms with Crippen molar-refractivity contribution in [3.63, 3.8) is 0 Å². The fraction of sp³-hybridized carbons (Fsp3) is 0.410. The largest absolute Gasteiger partial charge is 0.497 e. The number of carbonyl (C=O) groups is 3. The van der Waals surface area contributed by atoms with Crippen LogP contribution in [0.1, 0.15) is 73.0 Å². The highest BCUT2D eigenvalue weighted by Crippen LogP contribution is 2.28. The van der Waals surface area contributed by atoms with E-state index in [4.69, 9.17) is 14.5 Å². The number of thiazole rings is 1.